The van der Waals surface area contributed by atoms with Gasteiger partial charge in [0.05, 0.1) is 5.69 Å². The van der Waals surface area contributed by atoms with E-state index in [0.717, 1.165) is 12.2 Å². The van der Waals surface area contributed by atoms with Crippen molar-refractivity contribution in [3.8, 4) is 5.88 Å². The first-order valence-electron chi connectivity index (χ1n) is 7.70. The number of nitrogens with zero attached hydrogens (tertiary/aromatic N) is 3. The molecule has 1 aliphatic carbocycles. The Labute approximate surface area is 120 Å². The maximum Gasteiger partial charge on any atom is 0.233 e. The van der Waals surface area contributed by atoms with Gasteiger partial charge in [0.2, 0.25) is 5.88 Å². The molecular formula is C15H24N4O. The van der Waals surface area contributed by atoms with E-state index in [1.54, 1.807) is 0 Å². The summed E-state index contributed by atoms with van der Waals surface area (Å²) in [6, 6.07) is 5.15. The Kier molecular flexibility index (Phi) is 4.47. The van der Waals surface area contributed by atoms with Gasteiger partial charge in [0.15, 0.2) is 0 Å². The molecule has 0 radical (unpaired) electrons. The van der Waals surface area contributed by atoms with Crippen LogP contribution in [0.25, 0.3) is 0 Å². The van der Waals surface area contributed by atoms with Gasteiger partial charge in [0.1, 0.15) is 6.61 Å². The summed E-state index contributed by atoms with van der Waals surface area (Å²) in [6.45, 7) is 2.69. The summed E-state index contributed by atoms with van der Waals surface area (Å²) in [6.07, 6.45) is 6.41. The fraction of sp³-hybridized carbons (Fsp3) is 0.733. The van der Waals surface area contributed by atoms with Crippen molar-refractivity contribution in [3.05, 3.63) is 17.8 Å². The van der Waals surface area contributed by atoms with E-state index in [9.17, 15) is 0 Å². The minimum Gasteiger partial charge on any atom is -0.475 e. The molecule has 2 aliphatic rings. The second kappa shape index (κ2) is 6.50. The molecule has 5 nitrogen and oxygen atoms in total. The number of rotatable bonds is 6. The molecule has 1 aliphatic heterocycles. The van der Waals surface area contributed by atoms with Crippen molar-refractivity contribution < 1.29 is 4.74 Å². The minimum atomic E-state index is 0.516. The Morgan fingerprint density at radius 3 is 2.85 bits per heavy atom. The number of ether oxygens (including phenoxy) is 1. The number of likely N-dealkylation sites (N-methyl/N-ethyl adjacent to an activating group) is 1. The van der Waals surface area contributed by atoms with Crippen LogP contribution in [0.5, 0.6) is 5.88 Å². The topological polar surface area (TPSA) is 50.3 Å². The Hall–Kier alpha value is -1.20. The third kappa shape index (κ3) is 3.90. The van der Waals surface area contributed by atoms with Gasteiger partial charge >= 0.3 is 0 Å². The average Bonchev–Trinajstić information content (AvgIpc) is 3.30. The monoisotopic (exact) mass is 276 g/mol. The van der Waals surface area contributed by atoms with Crippen molar-refractivity contribution in [2.45, 2.75) is 50.7 Å². The van der Waals surface area contributed by atoms with Gasteiger partial charge in [0, 0.05) is 24.7 Å². The summed E-state index contributed by atoms with van der Waals surface area (Å²) in [4.78, 5) is 2.38. The van der Waals surface area contributed by atoms with E-state index >= 15 is 0 Å². The largest absolute Gasteiger partial charge is 0.475 e. The molecule has 1 saturated heterocycles. The Morgan fingerprint density at radius 2 is 2.15 bits per heavy atom. The number of likely N-dealkylation sites (tertiary alicyclic amines) is 1. The van der Waals surface area contributed by atoms with E-state index in [-0.39, 0.29) is 0 Å². The van der Waals surface area contributed by atoms with Crippen molar-refractivity contribution >= 4 is 0 Å². The highest BCUT2D eigenvalue weighted by Gasteiger charge is 2.21. The molecule has 1 aromatic rings. The van der Waals surface area contributed by atoms with Crippen LogP contribution in [0.3, 0.4) is 0 Å². The van der Waals surface area contributed by atoms with Crippen molar-refractivity contribution in [2.24, 2.45) is 0 Å². The second-order valence-corrected chi connectivity index (χ2v) is 5.96. The van der Waals surface area contributed by atoms with E-state index in [1.165, 1.54) is 38.6 Å². The van der Waals surface area contributed by atoms with Crippen LogP contribution in [0.4, 0.5) is 0 Å². The average molecular weight is 276 g/mol. The summed E-state index contributed by atoms with van der Waals surface area (Å²) in [5.74, 6) is 0.638. The fourth-order valence-corrected chi connectivity index (χ4v) is 2.59. The first kappa shape index (κ1) is 13.8. The molecule has 3 rings (SSSR count). The third-order valence-electron chi connectivity index (χ3n) is 4.19. The van der Waals surface area contributed by atoms with Crippen molar-refractivity contribution in [3.63, 3.8) is 0 Å². The molecule has 1 atom stereocenters. The maximum absolute atomic E-state index is 5.77. The summed E-state index contributed by atoms with van der Waals surface area (Å²) >= 11 is 0. The van der Waals surface area contributed by atoms with Crippen LogP contribution >= 0.6 is 0 Å². The van der Waals surface area contributed by atoms with Gasteiger partial charge in [-0.15, -0.1) is 5.10 Å². The van der Waals surface area contributed by atoms with Gasteiger partial charge in [-0.05, 0) is 45.3 Å². The normalized spacial score (nSPS) is 23.8. The van der Waals surface area contributed by atoms with Crippen LogP contribution in [0.15, 0.2) is 12.1 Å². The summed E-state index contributed by atoms with van der Waals surface area (Å²) in [5, 5.41) is 11.8. The van der Waals surface area contributed by atoms with Crippen LogP contribution in [0.1, 0.15) is 37.8 Å². The quantitative estimate of drug-likeness (QED) is 0.855. The number of piperidine rings is 1. The molecule has 2 heterocycles. The van der Waals surface area contributed by atoms with E-state index < -0.39 is 0 Å². The predicted molar refractivity (Wildman–Crippen MR) is 77.7 cm³/mol. The number of hydrogen-bond donors (Lipinski definition) is 1. The highest BCUT2D eigenvalue weighted by atomic mass is 16.5. The number of nitrogens with one attached hydrogen (secondary N) is 1. The summed E-state index contributed by atoms with van der Waals surface area (Å²) in [7, 11) is 2.17. The van der Waals surface area contributed by atoms with E-state index in [0.29, 0.717) is 24.6 Å². The molecule has 1 unspecified atom stereocenters. The molecule has 0 aromatic carbocycles. The van der Waals surface area contributed by atoms with Gasteiger partial charge in [-0.2, -0.15) is 5.10 Å². The lowest BCUT2D eigenvalue weighted by Crippen LogP contribution is -2.40. The number of hydrogen-bond acceptors (Lipinski definition) is 5. The van der Waals surface area contributed by atoms with Crippen LogP contribution in [0.2, 0.25) is 0 Å². The molecule has 1 saturated carbocycles. The molecule has 1 N–H and O–H groups in total. The summed E-state index contributed by atoms with van der Waals surface area (Å²) in [5.41, 5.74) is 0.985. The molecule has 0 bridgehead atoms. The molecule has 110 valence electrons. The van der Waals surface area contributed by atoms with Gasteiger partial charge in [-0.25, -0.2) is 0 Å². The molecule has 20 heavy (non-hydrogen) atoms. The Bertz CT molecular complexity index is 418. The van der Waals surface area contributed by atoms with Crippen molar-refractivity contribution in [1.82, 2.24) is 20.4 Å². The zero-order valence-corrected chi connectivity index (χ0v) is 12.2. The van der Waals surface area contributed by atoms with Gasteiger partial charge < -0.3 is 15.0 Å². The summed E-state index contributed by atoms with van der Waals surface area (Å²) < 4.78 is 5.77. The fourth-order valence-electron chi connectivity index (χ4n) is 2.59. The SMILES string of the molecule is CN1CCCCC1COc1ccc(CNC2CC2)nn1. The lowest BCUT2D eigenvalue weighted by Gasteiger charge is -2.31. The van der Waals surface area contributed by atoms with Crippen molar-refractivity contribution in [1.29, 1.82) is 0 Å². The number of aromatic nitrogens is 2. The van der Waals surface area contributed by atoms with E-state index in [1.807, 2.05) is 12.1 Å². The molecule has 1 aromatic heterocycles. The van der Waals surface area contributed by atoms with E-state index in [2.05, 4.69) is 27.5 Å². The highest BCUT2D eigenvalue weighted by Crippen LogP contribution is 2.19. The van der Waals surface area contributed by atoms with Crippen molar-refractivity contribution in [2.75, 3.05) is 20.2 Å². The highest BCUT2D eigenvalue weighted by molar-refractivity contribution is 5.11. The zero-order valence-electron chi connectivity index (χ0n) is 12.2. The lowest BCUT2D eigenvalue weighted by molar-refractivity contribution is 0.122. The van der Waals surface area contributed by atoms with E-state index in [4.69, 9.17) is 4.74 Å². The first-order chi connectivity index (χ1) is 9.81. The van der Waals surface area contributed by atoms with Crippen LogP contribution in [-0.2, 0) is 6.54 Å². The molecule has 0 spiro atoms. The Morgan fingerprint density at radius 1 is 1.25 bits per heavy atom. The smallest absolute Gasteiger partial charge is 0.233 e. The zero-order chi connectivity index (χ0) is 13.8. The second-order valence-electron chi connectivity index (χ2n) is 5.96. The van der Waals surface area contributed by atoms with Gasteiger partial charge in [-0.1, -0.05) is 6.42 Å². The Balaban J connectivity index is 1.44. The maximum atomic E-state index is 5.77. The predicted octanol–water partition coefficient (Wildman–Crippen LogP) is 1.59. The molecule has 5 heteroatoms. The van der Waals surface area contributed by atoms with Crippen LogP contribution in [0, 0.1) is 0 Å². The van der Waals surface area contributed by atoms with Crippen LogP contribution in [-0.4, -0.2) is 47.4 Å². The standard InChI is InChI=1S/C15H24N4O/c1-19-9-3-2-4-14(19)11-20-15-8-7-13(17-18-15)10-16-12-5-6-12/h7-8,12,14,16H,2-6,9-11H2,1H3. The van der Waals surface area contributed by atoms with Crippen LogP contribution < -0.4 is 10.1 Å². The van der Waals surface area contributed by atoms with Gasteiger partial charge in [0.25, 0.3) is 0 Å². The molecular weight excluding hydrogens is 252 g/mol. The minimum absolute atomic E-state index is 0.516. The lowest BCUT2D eigenvalue weighted by atomic mass is 10.0. The molecule has 0 amide bonds. The van der Waals surface area contributed by atoms with Gasteiger partial charge in [-0.3, -0.25) is 0 Å². The molecule has 2 fully saturated rings. The third-order valence-corrected chi connectivity index (χ3v) is 4.19. The first-order valence-corrected chi connectivity index (χ1v) is 7.70.